The van der Waals surface area contributed by atoms with Crippen LogP contribution in [0.3, 0.4) is 0 Å². The van der Waals surface area contributed by atoms with Crippen molar-refractivity contribution in [3.05, 3.63) is 23.6 Å². The van der Waals surface area contributed by atoms with E-state index >= 15 is 0 Å². The van der Waals surface area contributed by atoms with E-state index < -0.39 is 25.5 Å². The Morgan fingerprint density at radius 1 is 0.917 bits per heavy atom. The third-order valence-corrected chi connectivity index (χ3v) is 14.4. The molecule has 48 heavy (non-hydrogen) atoms. The molecule has 10 nitrogen and oxygen atoms in total. The molecule has 0 aromatic rings. The molecule has 4 aliphatic carbocycles. The van der Waals surface area contributed by atoms with Gasteiger partial charge in [0.2, 0.25) is 0 Å². The van der Waals surface area contributed by atoms with Gasteiger partial charge in [0, 0.05) is 30.7 Å². The van der Waals surface area contributed by atoms with Gasteiger partial charge in [-0.2, -0.15) is 4.58 Å². The van der Waals surface area contributed by atoms with Crippen molar-refractivity contribution < 1.29 is 69.5 Å². The van der Waals surface area contributed by atoms with Crippen molar-refractivity contribution in [2.45, 2.75) is 146 Å². The Morgan fingerprint density at radius 2 is 1.60 bits per heavy atom. The molecule has 2 heterocycles. The molecule has 0 aromatic carbocycles. The number of hydrogen-bond acceptors (Lipinski definition) is 9. The van der Waals surface area contributed by atoms with Crippen LogP contribution >= 0.6 is 0 Å². The minimum Gasteiger partial charge on any atom is -0.748 e. The summed E-state index contributed by atoms with van der Waals surface area (Å²) in [7, 11) is -8.62. The third-order valence-electron chi connectivity index (χ3n) is 12.4. The summed E-state index contributed by atoms with van der Waals surface area (Å²) < 4.78 is 85.0. The summed E-state index contributed by atoms with van der Waals surface area (Å²) in [6, 6.07) is 0.437. The predicted molar refractivity (Wildman–Crippen MR) is 178 cm³/mol. The molecule has 2 aliphatic heterocycles. The number of ether oxygens (including phenoxy) is 2. The number of fused-ring (bicyclic) bond motifs is 5. The molecule has 6 aliphatic rings. The van der Waals surface area contributed by atoms with Gasteiger partial charge in [0.1, 0.15) is 12.6 Å². The smallest absolute Gasteiger partial charge is 0.748 e. The zero-order valence-electron chi connectivity index (χ0n) is 29.3. The Labute approximate surface area is 310 Å². The summed E-state index contributed by atoms with van der Waals surface area (Å²) in [5, 5.41) is -0.964. The van der Waals surface area contributed by atoms with Crippen molar-refractivity contribution in [2.75, 3.05) is 18.8 Å². The largest absolute Gasteiger partial charge is 1.00 e. The van der Waals surface area contributed by atoms with Gasteiger partial charge in [-0.3, -0.25) is 0 Å². The molecule has 0 amide bonds. The molecule has 0 radical (unpaired) electrons. The Bertz CT molecular complexity index is 1450. The summed E-state index contributed by atoms with van der Waals surface area (Å²) in [6.45, 7) is 4.72. The molecular weight excluding hydrogens is 664 g/mol. The first-order valence-electron chi connectivity index (χ1n) is 18.5. The van der Waals surface area contributed by atoms with Crippen LogP contribution in [0.25, 0.3) is 0 Å². The van der Waals surface area contributed by atoms with Crippen molar-refractivity contribution in [1.29, 1.82) is 0 Å². The zero-order chi connectivity index (χ0) is 33.3. The van der Waals surface area contributed by atoms with Crippen molar-refractivity contribution in [3.8, 4) is 0 Å². The SMILES string of the molecule is CCC(=CC1=[N+](CCC(C)S(=O)(=O)[O-])C2C(CCC3CCCCC32)O1)C=C1OC2CC3CCCCC3CC2N1CCCCS(=O)(=O)[O-].[Na+]. The fourth-order valence-corrected chi connectivity index (χ4v) is 10.8. The molecule has 0 aromatic heterocycles. The second-order valence-corrected chi connectivity index (χ2v) is 18.6. The van der Waals surface area contributed by atoms with E-state index in [0.29, 0.717) is 49.6 Å². The van der Waals surface area contributed by atoms with E-state index in [0.717, 1.165) is 55.9 Å². The maximum absolute atomic E-state index is 11.8. The van der Waals surface area contributed by atoms with Gasteiger partial charge in [-0.1, -0.05) is 45.4 Å². The first-order chi connectivity index (χ1) is 22.4. The van der Waals surface area contributed by atoms with E-state index in [9.17, 15) is 25.9 Å². The molecular formula is C35H55N2NaO8S2. The molecule has 13 heteroatoms. The normalized spacial score (nSPS) is 35.1. The standard InChI is InChI=1S/C35H56N2O8S2.Na/c1-3-25(20-33-36(17-8-9-19-46(38,39)40)30-22-27-11-4-5-12-28(27)23-32(30)45-33)21-34-37(18-16-24(2)47(41,42)43)35-29-13-7-6-10-26(29)14-15-31(35)44-34;/h20-21,24,26-32,35H,3-19,22-23H2,1-2H3,(H-,38,39,40,41,42,43);/q;+1/p-1. The Hall–Kier alpha value is -0.630. The summed E-state index contributed by atoms with van der Waals surface area (Å²) in [5.74, 6) is 3.80. The number of rotatable bonds is 12. The van der Waals surface area contributed by atoms with Gasteiger partial charge in [-0.15, -0.1) is 0 Å². The van der Waals surface area contributed by atoms with Crippen LogP contribution in [0.15, 0.2) is 23.6 Å². The summed E-state index contributed by atoms with van der Waals surface area (Å²) in [5.41, 5.74) is 1.05. The minimum atomic E-state index is -4.38. The topological polar surface area (TPSA) is 139 Å². The summed E-state index contributed by atoms with van der Waals surface area (Å²) in [6.07, 6.45) is 20.6. The maximum Gasteiger partial charge on any atom is 1.00 e. The molecule has 5 fully saturated rings. The van der Waals surface area contributed by atoms with E-state index in [-0.39, 0.29) is 66.0 Å². The van der Waals surface area contributed by atoms with Crippen molar-refractivity contribution >= 4 is 26.1 Å². The van der Waals surface area contributed by atoms with Crippen molar-refractivity contribution in [2.24, 2.45) is 23.7 Å². The Morgan fingerprint density at radius 3 is 2.29 bits per heavy atom. The molecule has 1 saturated heterocycles. The molecule has 6 rings (SSSR count). The minimum absolute atomic E-state index is 0. The van der Waals surface area contributed by atoms with Crippen LogP contribution in [-0.2, 0) is 29.7 Å². The van der Waals surface area contributed by atoms with E-state index in [4.69, 9.17) is 9.47 Å². The van der Waals surface area contributed by atoms with Gasteiger partial charge in [-0.25, -0.2) is 16.8 Å². The van der Waals surface area contributed by atoms with Gasteiger partial charge in [0.25, 0.3) is 0 Å². The number of hydrogen-bond donors (Lipinski definition) is 0. The average molecular weight is 719 g/mol. The molecule has 0 bridgehead atoms. The van der Waals surface area contributed by atoms with Crippen LogP contribution in [0.4, 0.5) is 0 Å². The third kappa shape index (κ3) is 9.05. The summed E-state index contributed by atoms with van der Waals surface area (Å²) >= 11 is 0. The van der Waals surface area contributed by atoms with Crippen LogP contribution in [0.2, 0.25) is 0 Å². The maximum atomic E-state index is 11.8. The molecule has 9 atom stereocenters. The molecule has 266 valence electrons. The van der Waals surface area contributed by atoms with E-state index in [1.165, 1.54) is 51.9 Å². The quantitative estimate of drug-likeness (QED) is 0.129. The number of allylic oxidation sites excluding steroid dienone is 2. The van der Waals surface area contributed by atoms with Crippen LogP contribution in [0.5, 0.6) is 0 Å². The zero-order valence-corrected chi connectivity index (χ0v) is 32.9. The predicted octanol–water partition coefficient (Wildman–Crippen LogP) is 2.27. The van der Waals surface area contributed by atoms with E-state index in [2.05, 4.69) is 28.6 Å². The Kier molecular flexibility index (Phi) is 13.2. The fraction of sp³-hybridized carbons (Fsp3) is 0.857. The van der Waals surface area contributed by atoms with Crippen LogP contribution in [0, 0.1) is 23.7 Å². The molecule has 0 spiro atoms. The summed E-state index contributed by atoms with van der Waals surface area (Å²) in [4.78, 5) is 2.33. The van der Waals surface area contributed by atoms with Crippen LogP contribution in [0.1, 0.15) is 117 Å². The van der Waals surface area contributed by atoms with Gasteiger partial charge in [0.15, 0.2) is 18.0 Å². The first-order valence-corrected chi connectivity index (χ1v) is 21.5. The van der Waals surface area contributed by atoms with Crippen LogP contribution < -0.4 is 29.6 Å². The average Bonchev–Trinajstić information content (AvgIpc) is 3.55. The second kappa shape index (κ2) is 16.4. The number of nitrogens with zero attached hydrogens (tertiary/aromatic N) is 2. The van der Waals surface area contributed by atoms with Crippen molar-refractivity contribution in [3.63, 3.8) is 0 Å². The Balaban J connectivity index is 0.00000451. The first kappa shape index (κ1) is 38.6. The van der Waals surface area contributed by atoms with Crippen molar-refractivity contribution in [1.82, 2.24) is 4.90 Å². The molecule has 4 saturated carbocycles. The van der Waals surface area contributed by atoms with Gasteiger partial charge in [-0.05, 0) is 88.0 Å². The van der Waals surface area contributed by atoms with Crippen LogP contribution in [-0.4, -0.2) is 89.7 Å². The number of unbranched alkanes of at least 4 members (excludes halogenated alkanes) is 1. The van der Waals surface area contributed by atoms with Gasteiger partial charge in [0.05, 0.1) is 37.6 Å². The molecule has 9 unspecified atom stereocenters. The second-order valence-electron chi connectivity index (χ2n) is 15.3. The van der Waals surface area contributed by atoms with E-state index in [1.54, 1.807) is 0 Å². The van der Waals surface area contributed by atoms with Gasteiger partial charge >= 0.3 is 35.5 Å². The monoisotopic (exact) mass is 718 g/mol. The molecule has 0 N–H and O–H groups in total. The fourth-order valence-electron chi connectivity index (χ4n) is 9.82. The van der Waals surface area contributed by atoms with Gasteiger partial charge < -0.3 is 23.5 Å². The van der Waals surface area contributed by atoms with E-state index in [1.807, 2.05) is 0 Å².